The molecule has 0 aromatic heterocycles. The maximum atomic E-state index is 12.3. The highest BCUT2D eigenvalue weighted by molar-refractivity contribution is 9.10. The fourth-order valence-electron chi connectivity index (χ4n) is 1.73. The van der Waals surface area contributed by atoms with Crippen LogP contribution in [0.2, 0.25) is 0 Å². The lowest BCUT2D eigenvalue weighted by Gasteiger charge is -2.15. The summed E-state index contributed by atoms with van der Waals surface area (Å²) in [6.07, 6.45) is 0. The van der Waals surface area contributed by atoms with Crippen molar-refractivity contribution in [3.63, 3.8) is 0 Å². The van der Waals surface area contributed by atoms with Gasteiger partial charge in [0.2, 0.25) is 10.0 Å². The molecule has 20 heavy (non-hydrogen) atoms. The number of halogens is 2. The molecule has 1 atom stereocenters. The molecule has 2 rings (SSSR count). The van der Waals surface area contributed by atoms with E-state index < -0.39 is 10.0 Å². The lowest BCUT2D eigenvalue weighted by atomic mass is 10.1. The number of benzene rings is 2. The lowest BCUT2D eigenvalue weighted by Crippen LogP contribution is -2.26. The van der Waals surface area contributed by atoms with Crippen LogP contribution in [0.3, 0.4) is 0 Å². The van der Waals surface area contributed by atoms with Gasteiger partial charge in [0.15, 0.2) is 0 Å². The van der Waals surface area contributed by atoms with Crippen LogP contribution >= 0.6 is 31.9 Å². The molecule has 3 nitrogen and oxygen atoms in total. The standard InChI is InChI=1S/C14H13Br2NO2S/c1-10(11-2-4-12(15)5-3-11)17-20(18,19)14-8-6-13(16)7-9-14/h2-10,17H,1H3/t10-/m1/s1. The van der Waals surface area contributed by atoms with E-state index in [2.05, 4.69) is 36.6 Å². The van der Waals surface area contributed by atoms with E-state index in [1.165, 1.54) is 0 Å². The van der Waals surface area contributed by atoms with E-state index in [0.717, 1.165) is 14.5 Å². The van der Waals surface area contributed by atoms with Crippen molar-refractivity contribution >= 4 is 41.9 Å². The maximum absolute atomic E-state index is 12.3. The summed E-state index contributed by atoms with van der Waals surface area (Å²) in [6.45, 7) is 1.82. The van der Waals surface area contributed by atoms with Gasteiger partial charge in [-0.15, -0.1) is 0 Å². The van der Waals surface area contributed by atoms with Gasteiger partial charge in [-0.2, -0.15) is 0 Å². The Bertz CT molecular complexity index is 682. The summed E-state index contributed by atoms with van der Waals surface area (Å²) in [5.41, 5.74) is 0.911. The molecule has 0 heterocycles. The Morgan fingerprint density at radius 3 is 1.85 bits per heavy atom. The number of hydrogen-bond acceptors (Lipinski definition) is 2. The first-order valence-electron chi connectivity index (χ1n) is 5.92. The molecule has 1 N–H and O–H groups in total. The third kappa shape index (κ3) is 3.91. The number of rotatable bonds is 4. The van der Waals surface area contributed by atoms with Crippen LogP contribution in [-0.2, 0) is 10.0 Å². The lowest BCUT2D eigenvalue weighted by molar-refractivity contribution is 0.567. The predicted octanol–water partition coefficient (Wildman–Crippen LogP) is 4.25. The SMILES string of the molecule is C[C@@H](NS(=O)(=O)c1ccc(Br)cc1)c1ccc(Br)cc1. The van der Waals surface area contributed by atoms with E-state index in [9.17, 15) is 8.42 Å². The van der Waals surface area contributed by atoms with E-state index in [1.807, 2.05) is 31.2 Å². The fourth-order valence-corrected chi connectivity index (χ4v) is 3.49. The van der Waals surface area contributed by atoms with Crippen molar-refractivity contribution in [1.82, 2.24) is 4.72 Å². The van der Waals surface area contributed by atoms with Crippen molar-refractivity contribution in [1.29, 1.82) is 0 Å². The number of sulfonamides is 1. The summed E-state index contributed by atoms with van der Waals surface area (Å²) in [5.74, 6) is 0. The van der Waals surface area contributed by atoms with Crippen molar-refractivity contribution < 1.29 is 8.42 Å². The summed E-state index contributed by atoms with van der Waals surface area (Å²) in [6, 6.07) is 13.8. The molecule has 6 heteroatoms. The highest BCUT2D eigenvalue weighted by Crippen LogP contribution is 2.20. The van der Waals surface area contributed by atoms with Crippen LogP contribution < -0.4 is 4.72 Å². The third-order valence-corrected chi connectivity index (χ3v) is 5.44. The van der Waals surface area contributed by atoms with Gasteiger partial charge < -0.3 is 0 Å². The van der Waals surface area contributed by atoms with Gasteiger partial charge in [-0.1, -0.05) is 44.0 Å². The Hall–Kier alpha value is -0.690. The zero-order valence-electron chi connectivity index (χ0n) is 10.7. The fraction of sp³-hybridized carbons (Fsp3) is 0.143. The smallest absolute Gasteiger partial charge is 0.207 e. The minimum absolute atomic E-state index is 0.254. The highest BCUT2D eigenvalue weighted by atomic mass is 79.9. The molecule has 0 spiro atoms. The molecule has 0 fully saturated rings. The number of hydrogen-bond donors (Lipinski definition) is 1. The van der Waals surface area contributed by atoms with Gasteiger partial charge in [0, 0.05) is 15.0 Å². The minimum Gasteiger partial charge on any atom is -0.207 e. The third-order valence-electron chi connectivity index (χ3n) is 2.83. The molecule has 0 unspecified atom stereocenters. The van der Waals surface area contributed by atoms with Crippen LogP contribution in [0.4, 0.5) is 0 Å². The quantitative estimate of drug-likeness (QED) is 0.806. The molecular weight excluding hydrogens is 406 g/mol. The van der Waals surface area contributed by atoms with Crippen molar-refractivity contribution in [3.05, 3.63) is 63.0 Å². The van der Waals surface area contributed by atoms with Gasteiger partial charge >= 0.3 is 0 Å². The van der Waals surface area contributed by atoms with Gasteiger partial charge in [0.1, 0.15) is 0 Å². The van der Waals surface area contributed by atoms with Crippen molar-refractivity contribution in [2.24, 2.45) is 0 Å². The van der Waals surface area contributed by atoms with E-state index in [4.69, 9.17) is 0 Å². The van der Waals surface area contributed by atoms with Crippen LogP contribution in [0.1, 0.15) is 18.5 Å². The summed E-state index contributed by atoms with van der Waals surface area (Å²) in [5, 5.41) is 0. The molecule has 0 aliphatic carbocycles. The van der Waals surface area contributed by atoms with Gasteiger partial charge in [0.25, 0.3) is 0 Å². The van der Waals surface area contributed by atoms with Crippen LogP contribution in [0.25, 0.3) is 0 Å². The molecular formula is C14H13Br2NO2S. The Kier molecular flexibility index (Phi) is 5.01. The van der Waals surface area contributed by atoms with Gasteiger partial charge in [-0.3, -0.25) is 0 Å². The molecule has 106 valence electrons. The summed E-state index contributed by atoms with van der Waals surface area (Å²) in [4.78, 5) is 0.254. The molecule has 0 bridgehead atoms. The zero-order chi connectivity index (χ0) is 14.8. The summed E-state index contributed by atoms with van der Waals surface area (Å²) in [7, 11) is -3.52. The topological polar surface area (TPSA) is 46.2 Å². The Labute approximate surface area is 135 Å². The molecule has 0 saturated heterocycles. The normalized spacial score (nSPS) is 13.2. The molecule has 2 aromatic rings. The first kappa shape index (κ1) is 15.7. The zero-order valence-corrected chi connectivity index (χ0v) is 14.7. The second-order valence-electron chi connectivity index (χ2n) is 4.35. The second-order valence-corrected chi connectivity index (χ2v) is 7.89. The summed E-state index contributed by atoms with van der Waals surface area (Å²) >= 11 is 6.64. The molecule has 0 aliphatic rings. The first-order valence-corrected chi connectivity index (χ1v) is 8.99. The highest BCUT2D eigenvalue weighted by Gasteiger charge is 2.18. The molecule has 2 aromatic carbocycles. The molecule has 0 radical (unpaired) electrons. The van der Waals surface area contributed by atoms with Crippen LogP contribution in [0.15, 0.2) is 62.4 Å². The average Bonchev–Trinajstić information content (AvgIpc) is 2.39. The Morgan fingerprint density at radius 2 is 1.35 bits per heavy atom. The van der Waals surface area contributed by atoms with Gasteiger partial charge in [-0.25, -0.2) is 13.1 Å². The molecule has 0 amide bonds. The summed E-state index contributed by atoms with van der Waals surface area (Å²) < 4.78 is 29.0. The van der Waals surface area contributed by atoms with E-state index in [1.54, 1.807) is 24.3 Å². The second kappa shape index (κ2) is 6.39. The van der Waals surface area contributed by atoms with Crippen LogP contribution in [0.5, 0.6) is 0 Å². The van der Waals surface area contributed by atoms with Gasteiger partial charge in [-0.05, 0) is 48.9 Å². The molecule has 0 aliphatic heterocycles. The maximum Gasteiger partial charge on any atom is 0.241 e. The number of nitrogens with one attached hydrogen (secondary N) is 1. The average molecular weight is 419 g/mol. The Balaban J connectivity index is 2.19. The van der Waals surface area contributed by atoms with Crippen molar-refractivity contribution in [2.75, 3.05) is 0 Å². The Morgan fingerprint density at radius 1 is 0.900 bits per heavy atom. The van der Waals surface area contributed by atoms with Crippen molar-refractivity contribution in [3.8, 4) is 0 Å². The van der Waals surface area contributed by atoms with E-state index in [0.29, 0.717) is 0 Å². The monoisotopic (exact) mass is 417 g/mol. The molecule has 0 saturated carbocycles. The van der Waals surface area contributed by atoms with Crippen LogP contribution in [-0.4, -0.2) is 8.42 Å². The minimum atomic E-state index is -3.52. The van der Waals surface area contributed by atoms with Crippen molar-refractivity contribution in [2.45, 2.75) is 17.9 Å². The largest absolute Gasteiger partial charge is 0.241 e. The van der Waals surface area contributed by atoms with E-state index in [-0.39, 0.29) is 10.9 Å². The van der Waals surface area contributed by atoms with Crippen LogP contribution in [0, 0.1) is 0 Å². The predicted molar refractivity (Wildman–Crippen MR) is 87.0 cm³/mol. The van der Waals surface area contributed by atoms with Gasteiger partial charge in [0.05, 0.1) is 4.90 Å². The van der Waals surface area contributed by atoms with E-state index >= 15 is 0 Å². The first-order chi connectivity index (χ1) is 9.38.